The van der Waals surface area contributed by atoms with Gasteiger partial charge in [0.25, 0.3) is 0 Å². The maximum absolute atomic E-state index is 12.5. The Hall–Kier alpha value is -2.94. The van der Waals surface area contributed by atoms with E-state index < -0.39 is 0 Å². The molecule has 1 aliphatic heterocycles. The first-order valence-electron chi connectivity index (χ1n) is 11.7. The second-order valence-electron chi connectivity index (χ2n) is 7.90. The highest BCUT2D eigenvalue weighted by Gasteiger charge is 2.27. The summed E-state index contributed by atoms with van der Waals surface area (Å²) in [6, 6.07) is 6.13. The largest absolute Gasteiger partial charge is 0.366 e. The maximum Gasteiger partial charge on any atom is 0.317 e. The molecule has 8 nitrogen and oxygen atoms in total. The van der Waals surface area contributed by atoms with Crippen LogP contribution in [-0.4, -0.2) is 49.6 Å². The molecule has 0 aliphatic carbocycles. The van der Waals surface area contributed by atoms with Crippen molar-refractivity contribution in [3.63, 3.8) is 0 Å². The highest BCUT2D eigenvalue weighted by atomic mass is 79.9. The Morgan fingerprint density at radius 3 is 2.74 bits per heavy atom. The van der Waals surface area contributed by atoms with Crippen LogP contribution in [0.5, 0.6) is 0 Å². The number of rotatable bonds is 5. The van der Waals surface area contributed by atoms with Crippen LogP contribution in [0.25, 0.3) is 5.65 Å². The number of urea groups is 1. The van der Waals surface area contributed by atoms with Crippen molar-refractivity contribution < 1.29 is 4.79 Å². The van der Waals surface area contributed by atoms with Crippen LogP contribution in [0.2, 0.25) is 0 Å². The number of hydrogen-bond acceptors (Lipinski definition) is 5. The molecule has 4 heterocycles. The van der Waals surface area contributed by atoms with Crippen molar-refractivity contribution in [3.05, 3.63) is 65.7 Å². The Bertz CT molecular complexity index is 1040. The lowest BCUT2D eigenvalue weighted by Gasteiger charge is -2.33. The molecule has 2 N–H and O–H groups in total. The lowest BCUT2D eigenvalue weighted by atomic mass is 9.94. The van der Waals surface area contributed by atoms with Crippen molar-refractivity contribution >= 4 is 33.4 Å². The summed E-state index contributed by atoms with van der Waals surface area (Å²) in [7, 11) is 0. The lowest BCUT2D eigenvalue weighted by molar-refractivity contribution is 0.176. The maximum atomic E-state index is 12.5. The summed E-state index contributed by atoms with van der Waals surface area (Å²) < 4.78 is 2.65. The SMILES string of the molecule is C=C.CC.CC(C)NC(=O)N1CCCC(c2cc(NCc3cccnc3)n3ncc(Br)c3n2)C1. The molecule has 9 heteroatoms. The van der Waals surface area contributed by atoms with Gasteiger partial charge in [0.2, 0.25) is 0 Å². The summed E-state index contributed by atoms with van der Waals surface area (Å²) >= 11 is 3.56. The molecule has 184 valence electrons. The second-order valence-corrected chi connectivity index (χ2v) is 8.75. The topological polar surface area (TPSA) is 87.5 Å². The van der Waals surface area contributed by atoms with E-state index in [9.17, 15) is 4.79 Å². The van der Waals surface area contributed by atoms with Gasteiger partial charge in [-0.1, -0.05) is 19.9 Å². The molecule has 0 bridgehead atoms. The quantitative estimate of drug-likeness (QED) is 0.418. The number of hydrogen-bond donors (Lipinski definition) is 2. The standard InChI is InChI=1S/C21H26BrN7O.C2H6.C2H4/c1-14(2)26-21(30)28-8-4-6-16(13-28)18-9-19(24-11-15-5-3-7-23-10-15)29-20(27-18)17(22)12-25-29;2*1-2/h3,5,7,9-10,12,14,16,24H,4,6,8,11,13H2,1-2H3,(H,26,30);1-2H3;1-2H2. The molecular formula is C25H36BrN7O. The van der Waals surface area contributed by atoms with Gasteiger partial charge >= 0.3 is 6.03 Å². The van der Waals surface area contributed by atoms with Gasteiger partial charge in [0.05, 0.1) is 16.4 Å². The molecule has 0 spiro atoms. The van der Waals surface area contributed by atoms with Crippen molar-refractivity contribution in [2.24, 2.45) is 0 Å². The molecule has 0 radical (unpaired) electrons. The Morgan fingerprint density at radius 1 is 1.29 bits per heavy atom. The number of piperidine rings is 1. The minimum absolute atomic E-state index is 0.00348. The van der Waals surface area contributed by atoms with Crippen molar-refractivity contribution in [2.75, 3.05) is 18.4 Å². The van der Waals surface area contributed by atoms with Gasteiger partial charge in [0.15, 0.2) is 5.65 Å². The molecule has 1 aliphatic rings. The third-order valence-corrected chi connectivity index (χ3v) is 5.74. The number of carbonyl (C=O) groups is 1. The molecule has 2 amide bonds. The number of anilines is 1. The van der Waals surface area contributed by atoms with Gasteiger partial charge in [0.1, 0.15) is 5.82 Å². The summed E-state index contributed by atoms with van der Waals surface area (Å²) in [5, 5.41) is 10.9. The number of fused-ring (bicyclic) bond motifs is 1. The van der Waals surface area contributed by atoms with Crippen molar-refractivity contribution in [1.29, 1.82) is 0 Å². The predicted octanol–water partition coefficient (Wildman–Crippen LogP) is 5.62. The molecule has 4 rings (SSSR count). The highest BCUT2D eigenvalue weighted by Crippen LogP contribution is 2.30. The van der Waals surface area contributed by atoms with E-state index in [0.717, 1.165) is 46.6 Å². The van der Waals surface area contributed by atoms with Crippen molar-refractivity contribution in [3.8, 4) is 0 Å². The first kappa shape index (κ1) is 27.3. The fourth-order valence-electron chi connectivity index (χ4n) is 3.73. The predicted molar refractivity (Wildman–Crippen MR) is 142 cm³/mol. The molecule has 34 heavy (non-hydrogen) atoms. The van der Waals surface area contributed by atoms with Crippen LogP contribution in [-0.2, 0) is 6.54 Å². The average Bonchev–Trinajstić information content (AvgIpc) is 3.26. The van der Waals surface area contributed by atoms with E-state index in [1.807, 2.05) is 50.9 Å². The van der Waals surface area contributed by atoms with Gasteiger partial charge in [-0.15, -0.1) is 13.2 Å². The van der Waals surface area contributed by atoms with Crippen LogP contribution in [0, 0.1) is 0 Å². The Labute approximate surface area is 211 Å². The van der Waals surface area contributed by atoms with Gasteiger partial charge < -0.3 is 15.5 Å². The minimum Gasteiger partial charge on any atom is -0.366 e. The van der Waals surface area contributed by atoms with E-state index in [2.05, 4.69) is 55.9 Å². The monoisotopic (exact) mass is 529 g/mol. The first-order chi connectivity index (χ1) is 16.5. The number of likely N-dealkylation sites (tertiary alicyclic amines) is 1. The zero-order valence-corrected chi connectivity index (χ0v) is 22.2. The summed E-state index contributed by atoms with van der Waals surface area (Å²) in [5.74, 6) is 1.05. The summed E-state index contributed by atoms with van der Waals surface area (Å²) in [5.41, 5.74) is 2.83. The molecular weight excluding hydrogens is 494 g/mol. The smallest absolute Gasteiger partial charge is 0.317 e. The number of nitrogens with zero attached hydrogens (tertiary/aromatic N) is 5. The van der Waals surface area contributed by atoms with Crippen molar-refractivity contribution in [2.45, 2.75) is 59.0 Å². The number of nitrogens with one attached hydrogen (secondary N) is 2. The van der Waals surface area contributed by atoms with Gasteiger partial charge in [-0.25, -0.2) is 9.78 Å². The molecule has 0 saturated carbocycles. The fourth-order valence-corrected chi connectivity index (χ4v) is 4.07. The summed E-state index contributed by atoms with van der Waals surface area (Å²) in [6.07, 6.45) is 7.33. The number of aromatic nitrogens is 4. The minimum atomic E-state index is -0.00348. The van der Waals surface area contributed by atoms with Crippen LogP contribution < -0.4 is 10.6 Å². The van der Waals surface area contributed by atoms with Crippen LogP contribution in [0.3, 0.4) is 0 Å². The van der Waals surface area contributed by atoms with E-state index in [4.69, 9.17) is 4.98 Å². The first-order valence-corrected chi connectivity index (χ1v) is 12.5. The third kappa shape index (κ3) is 7.03. The summed E-state index contributed by atoms with van der Waals surface area (Å²) in [6.45, 7) is 16.0. The molecule has 3 aromatic heterocycles. The molecule has 0 aromatic carbocycles. The molecule has 1 atom stereocenters. The van der Waals surface area contributed by atoms with Crippen LogP contribution in [0.4, 0.5) is 10.6 Å². The van der Waals surface area contributed by atoms with E-state index in [1.165, 1.54) is 0 Å². The zero-order valence-electron chi connectivity index (χ0n) is 20.6. The zero-order chi connectivity index (χ0) is 25.1. The third-order valence-electron chi connectivity index (χ3n) is 5.18. The Kier molecular flexibility index (Phi) is 11.0. The highest BCUT2D eigenvalue weighted by molar-refractivity contribution is 9.10. The number of carbonyl (C=O) groups excluding carboxylic acids is 1. The van der Waals surface area contributed by atoms with Crippen LogP contribution >= 0.6 is 15.9 Å². The Balaban J connectivity index is 0.000000970. The number of pyridine rings is 1. The van der Waals surface area contributed by atoms with E-state index in [0.29, 0.717) is 13.1 Å². The van der Waals surface area contributed by atoms with Gasteiger partial charge in [-0.3, -0.25) is 4.98 Å². The fraction of sp³-hybridized carbons (Fsp3) is 0.440. The Morgan fingerprint density at radius 2 is 2.06 bits per heavy atom. The summed E-state index contributed by atoms with van der Waals surface area (Å²) in [4.78, 5) is 23.4. The lowest BCUT2D eigenvalue weighted by Crippen LogP contribution is -2.47. The van der Waals surface area contributed by atoms with Gasteiger partial charge in [-0.05, 0) is 54.2 Å². The second kappa shape index (κ2) is 13.7. The van der Waals surface area contributed by atoms with Gasteiger partial charge in [-0.2, -0.15) is 9.61 Å². The number of amides is 2. The van der Waals surface area contributed by atoms with E-state index >= 15 is 0 Å². The number of halogens is 1. The van der Waals surface area contributed by atoms with Crippen LogP contribution in [0.15, 0.2) is 54.4 Å². The normalized spacial score (nSPS) is 15.1. The average molecular weight is 531 g/mol. The van der Waals surface area contributed by atoms with Crippen molar-refractivity contribution in [1.82, 2.24) is 29.8 Å². The molecule has 1 saturated heterocycles. The molecule has 1 unspecified atom stereocenters. The molecule has 1 fully saturated rings. The van der Waals surface area contributed by atoms with Gasteiger partial charge in [0, 0.05) is 50.1 Å². The molecule has 3 aromatic rings. The van der Waals surface area contributed by atoms with E-state index in [1.54, 1.807) is 16.9 Å². The van der Waals surface area contributed by atoms with Crippen LogP contribution in [0.1, 0.15) is 57.7 Å². The van der Waals surface area contributed by atoms with E-state index in [-0.39, 0.29) is 18.0 Å².